The van der Waals surface area contributed by atoms with E-state index in [2.05, 4.69) is 10.6 Å². The standard InChI is InChI=1S/C8H16N2O4/c1-5(14-3)4-9-8(13)10-6(2)7(11)12/h5-6H,4H2,1-3H3,(H,11,12)(H2,9,10,13). The Morgan fingerprint density at radius 2 is 2.00 bits per heavy atom. The van der Waals surface area contributed by atoms with Crippen molar-refractivity contribution in [1.82, 2.24) is 10.6 Å². The number of aliphatic carboxylic acids is 1. The second-order valence-corrected chi connectivity index (χ2v) is 2.96. The molecule has 0 aromatic rings. The van der Waals surface area contributed by atoms with Crippen LogP contribution in [0.4, 0.5) is 4.79 Å². The van der Waals surface area contributed by atoms with Gasteiger partial charge in [0.05, 0.1) is 6.10 Å². The maximum atomic E-state index is 11.0. The average Bonchev–Trinajstić information content (AvgIpc) is 2.13. The third kappa shape index (κ3) is 5.36. The third-order valence-corrected chi connectivity index (χ3v) is 1.67. The summed E-state index contributed by atoms with van der Waals surface area (Å²) in [6.07, 6.45) is -0.0964. The van der Waals surface area contributed by atoms with Gasteiger partial charge in [-0.05, 0) is 13.8 Å². The molecule has 0 aliphatic carbocycles. The van der Waals surface area contributed by atoms with Gasteiger partial charge in [0.1, 0.15) is 6.04 Å². The number of nitrogens with one attached hydrogen (secondary N) is 2. The molecule has 0 aromatic carbocycles. The first-order valence-corrected chi connectivity index (χ1v) is 4.27. The van der Waals surface area contributed by atoms with Gasteiger partial charge in [0.25, 0.3) is 0 Å². The second kappa shape index (κ2) is 6.20. The van der Waals surface area contributed by atoms with E-state index < -0.39 is 18.0 Å². The van der Waals surface area contributed by atoms with Crippen molar-refractivity contribution in [3.63, 3.8) is 0 Å². The topological polar surface area (TPSA) is 87.7 Å². The first-order chi connectivity index (χ1) is 6.47. The summed E-state index contributed by atoms with van der Waals surface area (Å²) in [5.74, 6) is -1.07. The van der Waals surface area contributed by atoms with Crippen LogP contribution in [-0.4, -0.2) is 42.9 Å². The van der Waals surface area contributed by atoms with Crippen molar-refractivity contribution in [1.29, 1.82) is 0 Å². The van der Waals surface area contributed by atoms with Gasteiger partial charge in [-0.1, -0.05) is 0 Å². The summed E-state index contributed by atoms with van der Waals surface area (Å²) < 4.78 is 4.89. The van der Waals surface area contributed by atoms with Crippen molar-refractivity contribution in [2.75, 3.05) is 13.7 Å². The zero-order valence-corrected chi connectivity index (χ0v) is 8.53. The molecule has 0 radical (unpaired) electrons. The molecule has 0 saturated heterocycles. The Bertz CT molecular complexity index is 208. The third-order valence-electron chi connectivity index (χ3n) is 1.67. The van der Waals surface area contributed by atoms with Crippen LogP contribution in [0.1, 0.15) is 13.8 Å². The monoisotopic (exact) mass is 204 g/mol. The van der Waals surface area contributed by atoms with Gasteiger partial charge in [-0.2, -0.15) is 0 Å². The molecule has 14 heavy (non-hydrogen) atoms. The van der Waals surface area contributed by atoms with E-state index in [1.54, 1.807) is 6.92 Å². The summed E-state index contributed by atoms with van der Waals surface area (Å²) in [4.78, 5) is 21.4. The van der Waals surface area contributed by atoms with Crippen LogP contribution in [0.3, 0.4) is 0 Å². The number of carbonyl (C=O) groups excluding carboxylic acids is 1. The zero-order chi connectivity index (χ0) is 11.1. The fourth-order valence-corrected chi connectivity index (χ4v) is 0.629. The number of urea groups is 1. The molecule has 6 nitrogen and oxygen atoms in total. The van der Waals surface area contributed by atoms with E-state index in [1.807, 2.05) is 0 Å². The highest BCUT2D eigenvalue weighted by atomic mass is 16.5. The Hall–Kier alpha value is -1.30. The van der Waals surface area contributed by atoms with Crippen LogP contribution in [0.2, 0.25) is 0 Å². The number of carbonyl (C=O) groups is 2. The lowest BCUT2D eigenvalue weighted by Crippen LogP contribution is -2.46. The molecule has 3 N–H and O–H groups in total. The molecule has 0 bridgehead atoms. The first kappa shape index (κ1) is 12.7. The van der Waals surface area contributed by atoms with Crippen LogP contribution < -0.4 is 10.6 Å². The normalized spacial score (nSPS) is 14.2. The molecule has 0 aliphatic rings. The molecule has 2 atom stereocenters. The molecule has 0 saturated carbocycles. The first-order valence-electron chi connectivity index (χ1n) is 4.27. The summed E-state index contributed by atoms with van der Waals surface area (Å²) >= 11 is 0. The Kier molecular flexibility index (Phi) is 5.62. The molecule has 2 unspecified atom stereocenters. The fourth-order valence-electron chi connectivity index (χ4n) is 0.629. The van der Waals surface area contributed by atoms with Gasteiger partial charge in [0.2, 0.25) is 0 Å². The highest BCUT2D eigenvalue weighted by Crippen LogP contribution is 1.85. The molecule has 0 fully saturated rings. The van der Waals surface area contributed by atoms with Gasteiger partial charge < -0.3 is 20.5 Å². The summed E-state index contributed by atoms with van der Waals surface area (Å²) in [6, 6.07) is -1.41. The van der Waals surface area contributed by atoms with Gasteiger partial charge in [-0.15, -0.1) is 0 Å². The van der Waals surface area contributed by atoms with Crippen molar-refractivity contribution in [3.05, 3.63) is 0 Å². The fraction of sp³-hybridized carbons (Fsp3) is 0.750. The average molecular weight is 204 g/mol. The van der Waals surface area contributed by atoms with E-state index in [0.29, 0.717) is 6.54 Å². The number of methoxy groups -OCH3 is 1. The molecule has 0 rings (SSSR count). The van der Waals surface area contributed by atoms with Gasteiger partial charge in [0.15, 0.2) is 0 Å². The van der Waals surface area contributed by atoms with Crippen LogP contribution in [0.25, 0.3) is 0 Å². The Balaban J connectivity index is 3.71. The van der Waals surface area contributed by atoms with Gasteiger partial charge in [0, 0.05) is 13.7 Å². The predicted molar refractivity (Wildman–Crippen MR) is 50.1 cm³/mol. The van der Waals surface area contributed by atoms with Crippen LogP contribution in [-0.2, 0) is 9.53 Å². The lowest BCUT2D eigenvalue weighted by molar-refractivity contribution is -0.138. The quantitative estimate of drug-likeness (QED) is 0.578. The Labute approximate surface area is 82.6 Å². The minimum atomic E-state index is -1.07. The van der Waals surface area contributed by atoms with Crippen molar-refractivity contribution in [2.45, 2.75) is 26.0 Å². The molecule has 0 aromatic heterocycles. The van der Waals surface area contributed by atoms with E-state index >= 15 is 0 Å². The minimum Gasteiger partial charge on any atom is -0.480 e. The smallest absolute Gasteiger partial charge is 0.325 e. The number of hydrogen-bond acceptors (Lipinski definition) is 3. The van der Waals surface area contributed by atoms with Crippen molar-refractivity contribution >= 4 is 12.0 Å². The molecule has 0 heterocycles. The summed E-state index contributed by atoms with van der Waals surface area (Å²) in [5, 5.41) is 13.2. The van der Waals surface area contributed by atoms with Crippen LogP contribution >= 0.6 is 0 Å². The number of carboxylic acid groups (broad SMARTS) is 1. The van der Waals surface area contributed by atoms with Gasteiger partial charge in [-0.3, -0.25) is 4.79 Å². The molecule has 2 amide bonds. The number of carboxylic acids is 1. The minimum absolute atomic E-state index is 0.0964. The number of rotatable bonds is 5. The highest BCUT2D eigenvalue weighted by molar-refractivity contribution is 5.82. The lowest BCUT2D eigenvalue weighted by Gasteiger charge is -2.13. The number of hydrogen-bond donors (Lipinski definition) is 3. The molecular weight excluding hydrogens is 188 g/mol. The van der Waals surface area contributed by atoms with Crippen LogP contribution in [0.15, 0.2) is 0 Å². The van der Waals surface area contributed by atoms with Gasteiger partial charge >= 0.3 is 12.0 Å². The summed E-state index contributed by atoms with van der Waals surface area (Å²) in [5.41, 5.74) is 0. The second-order valence-electron chi connectivity index (χ2n) is 2.96. The molecular formula is C8H16N2O4. The highest BCUT2D eigenvalue weighted by Gasteiger charge is 2.13. The van der Waals surface area contributed by atoms with Crippen molar-refractivity contribution < 1.29 is 19.4 Å². The number of amides is 2. The summed E-state index contributed by atoms with van der Waals surface area (Å²) in [6.45, 7) is 3.53. The SMILES string of the molecule is COC(C)CNC(=O)NC(C)C(=O)O. The van der Waals surface area contributed by atoms with Crippen LogP contribution in [0.5, 0.6) is 0 Å². The van der Waals surface area contributed by atoms with E-state index in [1.165, 1.54) is 14.0 Å². The molecule has 6 heteroatoms. The largest absolute Gasteiger partial charge is 0.480 e. The Morgan fingerprint density at radius 1 is 1.43 bits per heavy atom. The van der Waals surface area contributed by atoms with E-state index in [4.69, 9.17) is 9.84 Å². The van der Waals surface area contributed by atoms with E-state index in [-0.39, 0.29) is 6.10 Å². The van der Waals surface area contributed by atoms with E-state index in [0.717, 1.165) is 0 Å². The van der Waals surface area contributed by atoms with Crippen LogP contribution in [0, 0.1) is 0 Å². The van der Waals surface area contributed by atoms with Crippen molar-refractivity contribution in [2.24, 2.45) is 0 Å². The number of ether oxygens (including phenoxy) is 1. The van der Waals surface area contributed by atoms with E-state index in [9.17, 15) is 9.59 Å². The zero-order valence-electron chi connectivity index (χ0n) is 8.53. The maximum Gasteiger partial charge on any atom is 0.325 e. The molecule has 0 spiro atoms. The predicted octanol–water partition coefficient (Wildman–Crippen LogP) is -0.206. The summed E-state index contributed by atoms with van der Waals surface area (Å²) in [7, 11) is 1.53. The molecule has 0 aliphatic heterocycles. The lowest BCUT2D eigenvalue weighted by atomic mass is 10.3. The molecule has 82 valence electrons. The van der Waals surface area contributed by atoms with Gasteiger partial charge in [-0.25, -0.2) is 4.79 Å². The Morgan fingerprint density at radius 3 is 2.43 bits per heavy atom. The van der Waals surface area contributed by atoms with Crippen molar-refractivity contribution in [3.8, 4) is 0 Å². The maximum absolute atomic E-state index is 11.0.